The number of benzene rings is 2. The van der Waals surface area contributed by atoms with Crippen LogP contribution in [-0.2, 0) is 39.7 Å². The van der Waals surface area contributed by atoms with Crippen LogP contribution < -0.4 is 10.2 Å². The summed E-state index contributed by atoms with van der Waals surface area (Å²) in [4.78, 5) is 19.6. The van der Waals surface area contributed by atoms with Crippen LogP contribution in [0, 0.1) is 0 Å². The van der Waals surface area contributed by atoms with E-state index in [1.165, 1.54) is 0 Å². The van der Waals surface area contributed by atoms with E-state index >= 15 is 0 Å². The van der Waals surface area contributed by atoms with Crippen molar-refractivity contribution in [2.24, 2.45) is 0 Å². The molecule has 0 amide bonds. The number of rotatable bonds is 4. The van der Waals surface area contributed by atoms with Gasteiger partial charge in [-0.1, -0.05) is 23.6 Å². The summed E-state index contributed by atoms with van der Waals surface area (Å²) < 4.78 is 59.4. The summed E-state index contributed by atoms with van der Waals surface area (Å²) in [6.45, 7) is 0. The van der Waals surface area contributed by atoms with Crippen molar-refractivity contribution in [1.82, 2.24) is 0 Å². The Morgan fingerprint density at radius 3 is 1.17 bits per heavy atom. The van der Waals surface area contributed by atoms with Crippen molar-refractivity contribution >= 4 is 32.2 Å². The quantitative estimate of drug-likeness (QED) is 0.305. The molecule has 2 aromatic rings. The third-order valence-corrected chi connectivity index (χ3v) is 4.66. The summed E-state index contributed by atoms with van der Waals surface area (Å²) in [7, 11) is -8.96. The second-order valence-corrected chi connectivity index (χ2v) is 7.72. The Bertz CT molecular complexity index is 1050. The number of hydrogen-bond acceptors (Lipinski definition) is 8. The molecule has 0 saturated heterocycles. The second-order valence-electron chi connectivity index (χ2n) is 4.88. The van der Waals surface area contributed by atoms with Crippen LogP contribution in [0.25, 0.3) is 0 Å². The van der Waals surface area contributed by atoms with Gasteiger partial charge in [-0.25, -0.2) is 9.59 Å². The summed E-state index contributed by atoms with van der Waals surface area (Å²) in [5.41, 5.74) is -1.39. The Labute approximate surface area is 176 Å². The molecule has 0 radical (unpaired) electrons. The second kappa shape index (κ2) is 9.76. The van der Waals surface area contributed by atoms with Crippen molar-refractivity contribution in [3.05, 3.63) is 47.5 Å². The average Bonchev–Trinajstić information content (AvgIpc) is 2.53. The molecule has 2 aromatic carbocycles. The van der Waals surface area contributed by atoms with Crippen LogP contribution in [0.5, 0.6) is 11.5 Å². The number of carbonyl (C=O) groups is 2. The molecule has 12 nitrogen and oxygen atoms in total. The molecule has 152 valence electrons. The third-order valence-electron chi connectivity index (χ3n) is 2.96. The number of aromatic carboxylic acids is 2. The predicted molar refractivity (Wildman–Crippen MR) is 85.3 cm³/mol. The van der Waals surface area contributed by atoms with E-state index in [0.29, 0.717) is 12.1 Å². The largest absolute Gasteiger partial charge is 2.00 e. The smallest absolute Gasteiger partial charge is 0.872 e. The number of carboxylic acids is 2. The maximum absolute atomic E-state index is 10.9. The fourth-order valence-corrected chi connectivity index (χ4v) is 2.69. The maximum atomic E-state index is 10.9. The van der Waals surface area contributed by atoms with E-state index < -0.39 is 64.6 Å². The Morgan fingerprint density at radius 1 is 0.690 bits per heavy atom. The first-order valence-electron chi connectivity index (χ1n) is 6.68. The molecule has 0 bridgehead atoms. The van der Waals surface area contributed by atoms with Crippen molar-refractivity contribution in [3.63, 3.8) is 0 Å². The van der Waals surface area contributed by atoms with Gasteiger partial charge in [0.15, 0.2) is 0 Å². The first-order chi connectivity index (χ1) is 12.6. The van der Waals surface area contributed by atoms with Crippen molar-refractivity contribution in [1.29, 1.82) is 0 Å². The topological polar surface area (TPSA) is 229 Å². The Balaban J connectivity index is 0.000000523. The van der Waals surface area contributed by atoms with Crippen molar-refractivity contribution in [2.75, 3.05) is 0 Å². The molecule has 4 N–H and O–H groups in total. The van der Waals surface area contributed by atoms with E-state index in [0.717, 1.165) is 24.3 Å². The van der Waals surface area contributed by atoms with E-state index in [4.69, 9.17) is 19.3 Å². The summed E-state index contributed by atoms with van der Waals surface area (Å²) in [5.74, 6) is -4.71. The van der Waals surface area contributed by atoms with Gasteiger partial charge < -0.3 is 20.4 Å². The van der Waals surface area contributed by atoms with Gasteiger partial charge >= 0.3 is 31.4 Å². The van der Waals surface area contributed by atoms with Crippen LogP contribution >= 0.6 is 0 Å². The van der Waals surface area contributed by atoms with Crippen LogP contribution in [0.15, 0.2) is 46.2 Å². The third kappa shape index (κ3) is 7.40. The van der Waals surface area contributed by atoms with Crippen LogP contribution in [-0.4, -0.2) is 48.1 Å². The first-order valence-corrected chi connectivity index (χ1v) is 9.56. The van der Waals surface area contributed by atoms with Crippen LogP contribution in [0.3, 0.4) is 0 Å². The minimum absolute atomic E-state index is 0. The summed E-state index contributed by atoms with van der Waals surface area (Å²) in [6.07, 6.45) is 0. The van der Waals surface area contributed by atoms with Gasteiger partial charge in [0, 0.05) is 0 Å². The van der Waals surface area contributed by atoms with Crippen molar-refractivity contribution in [3.8, 4) is 11.5 Å². The van der Waals surface area contributed by atoms with E-state index in [-0.39, 0.29) is 19.5 Å². The molecule has 0 saturated carbocycles. The average molecular weight is 500 g/mol. The van der Waals surface area contributed by atoms with E-state index in [2.05, 4.69) is 0 Å². The van der Waals surface area contributed by atoms with E-state index in [1.54, 1.807) is 0 Å². The monoisotopic (exact) mass is 498 g/mol. The zero-order valence-electron chi connectivity index (χ0n) is 14.0. The fourth-order valence-electron chi connectivity index (χ4n) is 1.67. The normalized spacial score (nSPS) is 10.8. The molecule has 0 fully saturated rings. The predicted octanol–water partition coefficient (Wildman–Crippen LogP) is -0.592. The Morgan fingerprint density at radius 2 is 0.966 bits per heavy atom. The maximum Gasteiger partial charge on any atom is 2.00 e. The van der Waals surface area contributed by atoms with E-state index in [9.17, 15) is 36.6 Å². The van der Waals surface area contributed by atoms with Gasteiger partial charge in [0.2, 0.25) is 0 Å². The van der Waals surface area contributed by atoms with Gasteiger partial charge in [-0.3, -0.25) is 9.11 Å². The molecular weight excluding hydrogens is 490 g/mol. The molecule has 29 heavy (non-hydrogen) atoms. The molecule has 0 unspecified atom stereocenters. The van der Waals surface area contributed by atoms with Gasteiger partial charge in [-0.05, 0) is 24.3 Å². The summed E-state index contributed by atoms with van der Waals surface area (Å²) in [6, 6.07) is 4.44. The number of carboxylic acid groups (broad SMARTS) is 2. The molecule has 2 rings (SSSR count). The van der Waals surface area contributed by atoms with Gasteiger partial charge in [-0.2, -0.15) is 16.8 Å². The zero-order chi connectivity index (χ0) is 21.9. The van der Waals surface area contributed by atoms with Crippen molar-refractivity contribution in [2.45, 2.75) is 9.79 Å². The van der Waals surface area contributed by atoms with Gasteiger partial charge in [0.1, 0.15) is 0 Å². The fraction of sp³-hybridized carbons (Fsp3) is 0. The van der Waals surface area contributed by atoms with Crippen LogP contribution in [0.2, 0.25) is 0 Å². The summed E-state index contributed by atoms with van der Waals surface area (Å²) in [5, 5.41) is 38.7. The van der Waals surface area contributed by atoms with Gasteiger partial charge in [-0.15, -0.1) is 0 Å². The molecule has 15 heteroatoms. The Kier molecular flexibility index (Phi) is 8.89. The molecule has 0 aliphatic rings. The van der Waals surface area contributed by atoms with Crippen LogP contribution in [0.4, 0.5) is 0 Å². The molecule has 0 aliphatic heterocycles. The minimum Gasteiger partial charge on any atom is -0.872 e. The molecule has 0 spiro atoms. The van der Waals surface area contributed by atoms with Crippen molar-refractivity contribution < 1.29 is 75.4 Å². The summed E-state index contributed by atoms with van der Waals surface area (Å²) >= 11 is 0. The SMILES string of the molecule is O=C(O)c1cc(S(=O)(=O)O)ccc1[O-].O=C(O)c1cc(S(=O)(=O)O)ccc1[O-].[Zn+2]. The standard InChI is InChI=1S/2C7H6O6S.Zn/c2*8-6-2-1-4(14(11,12)13)3-5(6)7(9)10;/h2*1-3,8H,(H,9,10)(H,11,12,13);/q;;+2/p-2. The molecular formula is C14H10O12S2Zn. The Hall–Kier alpha value is -2.58. The van der Waals surface area contributed by atoms with Crippen LogP contribution in [0.1, 0.15) is 20.7 Å². The zero-order valence-corrected chi connectivity index (χ0v) is 18.6. The minimum atomic E-state index is -4.48. The number of hydrogen-bond donors (Lipinski definition) is 4. The molecule has 0 aromatic heterocycles. The molecule has 0 aliphatic carbocycles. The van der Waals surface area contributed by atoms with Gasteiger partial charge in [0.05, 0.1) is 20.9 Å². The van der Waals surface area contributed by atoms with Gasteiger partial charge in [0.25, 0.3) is 20.2 Å². The molecule has 0 heterocycles. The first kappa shape index (κ1) is 26.4. The van der Waals surface area contributed by atoms with E-state index in [1.807, 2.05) is 0 Å². The molecule has 0 atom stereocenters.